The predicted molar refractivity (Wildman–Crippen MR) is 123 cm³/mol. The van der Waals surface area contributed by atoms with E-state index in [0.717, 1.165) is 46.5 Å². The first-order chi connectivity index (χ1) is 15.1. The summed E-state index contributed by atoms with van der Waals surface area (Å²) in [6, 6.07) is 16.5. The standard InChI is InChI=1S/C23H27N7O/c1-27-18-6-4-17(5-7-18)23-21(13-24)20-9-8-19(31-11-10-30(26)28-15-25)12-22(20)29(23)14-16-2-3-16/h4-9,12,15-16,27H,2-3,10-11,14,26H2,1H3,(H2,25,28). The fourth-order valence-electron chi connectivity index (χ4n) is 3.78. The predicted octanol–water partition coefficient (Wildman–Crippen LogP) is 3.09. The van der Waals surface area contributed by atoms with E-state index in [1.807, 2.05) is 37.4 Å². The molecule has 160 valence electrons. The number of hydrazone groups is 1. The van der Waals surface area contributed by atoms with Gasteiger partial charge in [0.05, 0.1) is 23.3 Å². The molecule has 8 nitrogen and oxygen atoms in total. The number of anilines is 1. The third-order valence-electron chi connectivity index (χ3n) is 5.54. The molecule has 1 saturated carbocycles. The summed E-state index contributed by atoms with van der Waals surface area (Å²) in [5.74, 6) is 7.07. The van der Waals surface area contributed by atoms with Crippen LogP contribution in [-0.4, -0.2) is 36.2 Å². The van der Waals surface area contributed by atoms with E-state index in [4.69, 9.17) is 16.3 Å². The first-order valence-corrected chi connectivity index (χ1v) is 10.4. The van der Waals surface area contributed by atoms with Crippen molar-refractivity contribution in [1.29, 1.82) is 5.26 Å². The van der Waals surface area contributed by atoms with Gasteiger partial charge in [0.2, 0.25) is 0 Å². The van der Waals surface area contributed by atoms with E-state index in [1.165, 1.54) is 18.0 Å². The fourth-order valence-corrected chi connectivity index (χ4v) is 3.78. The Morgan fingerprint density at radius 2 is 2.06 bits per heavy atom. The Kier molecular flexibility index (Phi) is 5.96. The number of hydrogen-bond donors (Lipinski definition) is 3. The Balaban J connectivity index is 1.72. The lowest BCUT2D eigenvalue weighted by Gasteiger charge is -2.14. The van der Waals surface area contributed by atoms with E-state index in [9.17, 15) is 5.26 Å². The third-order valence-corrected chi connectivity index (χ3v) is 5.54. The van der Waals surface area contributed by atoms with Crippen LogP contribution in [-0.2, 0) is 6.54 Å². The Morgan fingerprint density at radius 1 is 1.29 bits per heavy atom. The van der Waals surface area contributed by atoms with Gasteiger partial charge >= 0.3 is 0 Å². The quantitative estimate of drug-likeness (QED) is 0.213. The second-order valence-electron chi connectivity index (χ2n) is 7.67. The minimum absolute atomic E-state index is 0.367. The number of hydrazine groups is 1. The van der Waals surface area contributed by atoms with Crippen molar-refractivity contribution in [3.05, 3.63) is 48.0 Å². The molecule has 31 heavy (non-hydrogen) atoms. The number of hydrogen-bond acceptors (Lipinski definition) is 6. The largest absolute Gasteiger partial charge is 0.492 e. The van der Waals surface area contributed by atoms with Gasteiger partial charge in [-0.1, -0.05) is 12.1 Å². The average molecular weight is 418 g/mol. The summed E-state index contributed by atoms with van der Waals surface area (Å²) >= 11 is 0. The van der Waals surface area contributed by atoms with Gasteiger partial charge in [0.25, 0.3) is 0 Å². The Bertz CT molecular complexity index is 1120. The van der Waals surface area contributed by atoms with Gasteiger partial charge in [0, 0.05) is 30.7 Å². The summed E-state index contributed by atoms with van der Waals surface area (Å²) in [5, 5.41) is 19.1. The van der Waals surface area contributed by atoms with E-state index < -0.39 is 0 Å². The molecule has 1 aromatic heterocycles. The highest BCUT2D eigenvalue weighted by Crippen LogP contribution is 2.39. The second-order valence-corrected chi connectivity index (χ2v) is 7.67. The highest BCUT2D eigenvalue weighted by molar-refractivity contribution is 5.95. The zero-order valence-electron chi connectivity index (χ0n) is 17.6. The molecule has 4 rings (SSSR count). The lowest BCUT2D eigenvalue weighted by molar-refractivity contribution is 0.219. The third kappa shape index (κ3) is 4.42. The number of nitriles is 1. The number of rotatable bonds is 9. The van der Waals surface area contributed by atoms with Gasteiger partial charge in [-0.3, -0.25) is 0 Å². The van der Waals surface area contributed by atoms with Crippen LogP contribution in [0.4, 0.5) is 5.69 Å². The highest BCUT2D eigenvalue weighted by atomic mass is 16.5. The molecular weight excluding hydrogens is 390 g/mol. The fraction of sp³-hybridized carbons (Fsp3) is 0.304. The molecule has 0 radical (unpaired) electrons. The summed E-state index contributed by atoms with van der Waals surface area (Å²) in [6.07, 6.45) is 3.60. The molecular formula is C23H27N7O. The summed E-state index contributed by atoms with van der Waals surface area (Å²) in [7, 11) is 1.90. The number of nitrogens with zero attached hydrogens (tertiary/aromatic N) is 4. The number of fused-ring (bicyclic) bond motifs is 1. The van der Waals surface area contributed by atoms with Crippen LogP contribution in [0.15, 0.2) is 47.6 Å². The van der Waals surface area contributed by atoms with Crippen LogP contribution < -0.4 is 21.6 Å². The molecule has 2 aromatic carbocycles. The maximum Gasteiger partial charge on any atom is 0.121 e. The smallest absolute Gasteiger partial charge is 0.121 e. The maximum absolute atomic E-state index is 10.0. The molecule has 0 aliphatic heterocycles. The molecule has 0 atom stereocenters. The van der Waals surface area contributed by atoms with Gasteiger partial charge in [-0.2, -0.15) is 10.4 Å². The topological polar surface area (TPSA) is 118 Å². The van der Waals surface area contributed by atoms with Crippen LogP contribution in [0.5, 0.6) is 5.75 Å². The number of aromatic nitrogens is 1. The number of benzene rings is 2. The van der Waals surface area contributed by atoms with Gasteiger partial charge in [0.1, 0.15) is 24.8 Å². The Labute approximate surface area is 181 Å². The SMILES string of the molecule is CNc1ccc(-c2c(C#N)c3ccc(OCCN(N)/N=C\N)cc3n2CC2CC2)cc1. The van der Waals surface area contributed by atoms with Crippen LogP contribution in [0.2, 0.25) is 0 Å². The normalized spacial score (nSPS) is 13.5. The zero-order valence-corrected chi connectivity index (χ0v) is 17.6. The summed E-state index contributed by atoms with van der Waals surface area (Å²) in [5.41, 5.74) is 9.99. The molecule has 0 spiro atoms. The summed E-state index contributed by atoms with van der Waals surface area (Å²) in [6.45, 7) is 1.67. The molecule has 1 aliphatic carbocycles. The van der Waals surface area contributed by atoms with E-state index in [1.54, 1.807) is 0 Å². The Hall–Kier alpha value is -3.70. The average Bonchev–Trinajstić information content (AvgIpc) is 3.55. The lowest BCUT2D eigenvalue weighted by atomic mass is 10.1. The number of nitrogens with one attached hydrogen (secondary N) is 1. The van der Waals surface area contributed by atoms with Gasteiger partial charge in [-0.25, -0.2) is 11.0 Å². The van der Waals surface area contributed by atoms with E-state index in [-0.39, 0.29) is 0 Å². The maximum atomic E-state index is 10.0. The van der Waals surface area contributed by atoms with Crippen molar-refractivity contribution >= 4 is 22.9 Å². The first kappa shape index (κ1) is 20.6. The minimum Gasteiger partial charge on any atom is -0.492 e. The molecule has 1 heterocycles. The minimum atomic E-state index is 0.367. The molecule has 5 N–H and O–H groups in total. The van der Waals surface area contributed by atoms with Crippen molar-refractivity contribution in [2.75, 3.05) is 25.5 Å². The van der Waals surface area contributed by atoms with Crippen LogP contribution in [0.1, 0.15) is 18.4 Å². The van der Waals surface area contributed by atoms with Crippen molar-refractivity contribution < 1.29 is 4.74 Å². The van der Waals surface area contributed by atoms with Gasteiger partial charge in [-0.15, -0.1) is 0 Å². The molecule has 0 amide bonds. The molecule has 1 aliphatic rings. The van der Waals surface area contributed by atoms with Crippen LogP contribution >= 0.6 is 0 Å². The van der Waals surface area contributed by atoms with Gasteiger partial charge in [0.15, 0.2) is 0 Å². The van der Waals surface area contributed by atoms with Gasteiger partial charge < -0.3 is 20.4 Å². The lowest BCUT2D eigenvalue weighted by Crippen LogP contribution is -2.30. The molecule has 1 fully saturated rings. The summed E-state index contributed by atoms with van der Waals surface area (Å²) in [4.78, 5) is 0. The van der Waals surface area contributed by atoms with Crippen molar-refractivity contribution in [2.45, 2.75) is 19.4 Å². The van der Waals surface area contributed by atoms with Crippen LogP contribution in [0.3, 0.4) is 0 Å². The Morgan fingerprint density at radius 3 is 2.71 bits per heavy atom. The van der Waals surface area contributed by atoms with Crippen LogP contribution in [0, 0.1) is 17.2 Å². The molecule has 8 heteroatoms. The van der Waals surface area contributed by atoms with Crippen LogP contribution in [0.25, 0.3) is 22.2 Å². The van der Waals surface area contributed by atoms with E-state index in [2.05, 4.69) is 33.2 Å². The molecule has 3 aromatic rings. The summed E-state index contributed by atoms with van der Waals surface area (Å²) < 4.78 is 8.16. The van der Waals surface area contributed by atoms with Crippen molar-refractivity contribution in [2.24, 2.45) is 22.6 Å². The van der Waals surface area contributed by atoms with Crippen molar-refractivity contribution in [3.8, 4) is 23.1 Å². The molecule has 0 saturated heterocycles. The van der Waals surface area contributed by atoms with E-state index in [0.29, 0.717) is 24.6 Å². The second kappa shape index (κ2) is 8.98. The zero-order chi connectivity index (χ0) is 21.8. The van der Waals surface area contributed by atoms with E-state index >= 15 is 0 Å². The highest BCUT2D eigenvalue weighted by Gasteiger charge is 2.26. The first-order valence-electron chi connectivity index (χ1n) is 10.4. The van der Waals surface area contributed by atoms with Crippen molar-refractivity contribution in [1.82, 2.24) is 9.69 Å². The number of ether oxygens (including phenoxy) is 1. The number of nitrogens with two attached hydrogens (primary N) is 2. The van der Waals surface area contributed by atoms with Gasteiger partial charge in [-0.05, 0) is 48.6 Å². The monoisotopic (exact) mass is 417 g/mol. The van der Waals surface area contributed by atoms with Crippen molar-refractivity contribution in [3.63, 3.8) is 0 Å². The molecule has 0 unspecified atom stereocenters. The molecule has 0 bridgehead atoms.